The number of fused-ring (bicyclic) bond motifs is 1. The summed E-state index contributed by atoms with van der Waals surface area (Å²) in [6, 6.07) is 8.85. The van der Waals surface area contributed by atoms with Crippen LogP contribution in [0, 0.1) is 0 Å². The van der Waals surface area contributed by atoms with Crippen molar-refractivity contribution in [1.82, 2.24) is 5.43 Å². The average Bonchev–Trinajstić information content (AvgIpc) is 3.00. The Labute approximate surface area is 174 Å². The van der Waals surface area contributed by atoms with Crippen LogP contribution in [0.4, 0.5) is 0 Å². The molecule has 0 atom stereocenters. The molecular weight excluding hydrogens is 431 g/mol. The second-order valence-corrected chi connectivity index (χ2v) is 7.52. The van der Waals surface area contributed by atoms with Crippen molar-refractivity contribution in [2.24, 2.45) is 5.10 Å². The number of nitrogens with one attached hydrogen (secondary N) is 1. The molecule has 3 aromatic rings. The van der Waals surface area contributed by atoms with E-state index in [0.29, 0.717) is 16.5 Å². The zero-order valence-corrected chi connectivity index (χ0v) is 17.0. The zero-order valence-electron chi connectivity index (χ0n) is 13.9. The predicted molar refractivity (Wildman–Crippen MR) is 111 cm³/mol. The summed E-state index contributed by atoms with van der Waals surface area (Å²) < 4.78 is 6.20. The topological polar surface area (TPSA) is 70.9 Å². The SMILES string of the molecule is CCOc1cc(Cl)c(Cl)c(C=NNC(=O)c2sc3ccccc3c2Cl)c1O. The number of ether oxygens (including phenoxy) is 1. The molecule has 2 aromatic carbocycles. The van der Waals surface area contributed by atoms with Gasteiger partial charge in [-0.25, -0.2) is 5.43 Å². The van der Waals surface area contributed by atoms with E-state index < -0.39 is 5.91 Å². The maximum atomic E-state index is 12.4. The summed E-state index contributed by atoms with van der Waals surface area (Å²) in [5, 5.41) is 15.6. The monoisotopic (exact) mass is 442 g/mol. The van der Waals surface area contributed by atoms with Crippen molar-refractivity contribution in [3.05, 3.63) is 55.8 Å². The fraction of sp³-hybridized carbons (Fsp3) is 0.111. The van der Waals surface area contributed by atoms with Crippen LogP contribution >= 0.6 is 46.1 Å². The van der Waals surface area contributed by atoms with Crippen LogP contribution in [-0.2, 0) is 0 Å². The van der Waals surface area contributed by atoms with Gasteiger partial charge in [-0.1, -0.05) is 53.0 Å². The number of hydrogen-bond donors (Lipinski definition) is 2. The van der Waals surface area contributed by atoms with Crippen LogP contribution in [0.1, 0.15) is 22.2 Å². The summed E-state index contributed by atoms with van der Waals surface area (Å²) in [6.07, 6.45) is 1.20. The molecule has 9 heteroatoms. The highest BCUT2D eigenvalue weighted by Crippen LogP contribution is 2.39. The van der Waals surface area contributed by atoms with Crippen LogP contribution in [0.25, 0.3) is 10.1 Å². The Balaban J connectivity index is 1.85. The number of hydrazone groups is 1. The maximum Gasteiger partial charge on any atom is 0.283 e. The summed E-state index contributed by atoms with van der Waals surface area (Å²) in [4.78, 5) is 12.7. The summed E-state index contributed by atoms with van der Waals surface area (Å²) in [5.74, 6) is -0.517. The van der Waals surface area contributed by atoms with Crippen molar-refractivity contribution in [2.75, 3.05) is 6.61 Å². The molecule has 140 valence electrons. The standard InChI is InChI=1S/C18H13Cl3N2O3S/c1-2-26-12-7-11(19)14(20)10(16(12)24)8-22-23-18(25)17-15(21)9-5-3-4-6-13(9)27-17/h3-8,24H,2H2,1H3,(H,23,25). The minimum absolute atomic E-state index is 0.0931. The van der Waals surface area contributed by atoms with Crippen molar-refractivity contribution < 1.29 is 14.6 Å². The van der Waals surface area contributed by atoms with E-state index in [2.05, 4.69) is 10.5 Å². The fourth-order valence-corrected chi connectivity index (χ4v) is 4.16. The number of thiophene rings is 1. The van der Waals surface area contributed by atoms with Crippen molar-refractivity contribution in [3.8, 4) is 11.5 Å². The second kappa shape index (κ2) is 8.35. The minimum atomic E-state index is -0.472. The number of rotatable bonds is 5. The highest BCUT2D eigenvalue weighted by molar-refractivity contribution is 7.21. The van der Waals surface area contributed by atoms with E-state index in [-0.39, 0.29) is 27.1 Å². The molecule has 1 heterocycles. The minimum Gasteiger partial charge on any atom is -0.504 e. The first kappa shape index (κ1) is 19.8. The molecule has 5 nitrogen and oxygen atoms in total. The number of aromatic hydroxyl groups is 1. The van der Waals surface area contributed by atoms with Crippen LogP contribution in [-0.4, -0.2) is 23.8 Å². The first-order valence-corrected chi connectivity index (χ1v) is 9.73. The number of amides is 1. The smallest absolute Gasteiger partial charge is 0.283 e. The highest BCUT2D eigenvalue weighted by atomic mass is 35.5. The van der Waals surface area contributed by atoms with Gasteiger partial charge in [0, 0.05) is 16.2 Å². The van der Waals surface area contributed by atoms with E-state index in [9.17, 15) is 9.90 Å². The van der Waals surface area contributed by atoms with Gasteiger partial charge in [-0.05, 0) is 13.0 Å². The summed E-state index contributed by atoms with van der Waals surface area (Å²) in [6.45, 7) is 2.11. The Kier molecular flexibility index (Phi) is 6.11. The van der Waals surface area contributed by atoms with E-state index in [0.717, 1.165) is 10.1 Å². The number of phenolic OH excluding ortho intramolecular Hbond substituents is 1. The molecule has 0 spiro atoms. The number of halogens is 3. The first-order valence-electron chi connectivity index (χ1n) is 7.78. The molecule has 0 saturated carbocycles. The first-order chi connectivity index (χ1) is 12.9. The van der Waals surface area contributed by atoms with Gasteiger partial charge in [-0.3, -0.25) is 4.79 Å². The molecule has 2 N–H and O–H groups in total. The Bertz CT molecular complexity index is 1050. The molecule has 0 fully saturated rings. The maximum absolute atomic E-state index is 12.4. The van der Waals surface area contributed by atoms with Crippen LogP contribution < -0.4 is 10.2 Å². The average molecular weight is 444 g/mol. The number of phenols is 1. The Hall–Kier alpha value is -1.99. The molecule has 0 unspecified atom stereocenters. The number of benzene rings is 2. The van der Waals surface area contributed by atoms with Crippen LogP contribution in [0.2, 0.25) is 15.1 Å². The Morgan fingerprint density at radius 2 is 2.04 bits per heavy atom. The zero-order chi connectivity index (χ0) is 19.6. The van der Waals surface area contributed by atoms with Crippen LogP contribution in [0.5, 0.6) is 11.5 Å². The Morgan fingerprint density at radius 1 is 1.30 bits per heavy atom. The molecule has 1 aromatic heterocycles. The van der Waals surface area contributed by atoms with Gasteiger partial charge in [-0.15, -0.1) is 11.3 Å². The molecule has 0 radical (unpaired) electrons. The quantitative estimate of drug-likeness (QED) is 0.391. The van der Waals surface area contributed by atoms with Crippen molar-refractivity contribution in [2.45, 2.75) is 6.92 Å². The lowest BCUT2D eigenvalue weighted by atomic mass is 10.2. The normalized spacial score (nSPS) is 11.3. The van der Waals surface area contributed by atoms with E-state index >= 15 is 0 Å². The third-order valence-electron chi connectivity index (χ3n) is 3.59. The van der Waals surface area contributed by atoms with Gasteiger partial charge in [0.15, 0.2) is 11.5 Å². The number of carbonyl (C=O) groups excluding carboxylic acids is 1. The fourth-order valence-electron chi connectivity index (χ4n) is 2.36. The molecule has 1 amide bonds. The highest BCUT2D eigenvalue weighted by Gasteiger charge is 2.18. The van der Waals surface area contributed by atoms with Gasteiger partial charge >= 0.3 is 0 Å². The molecule has 27 heavy (non-hydrogen) atoms. The molecule has 3 rings (SSSR count). The van der Waals surface area contributed by atoms with Gasteiger partial charge in [0.1, 0.15) is 4.88 Å². The van der Waals surface area contributed by atoms with Crippen molar-refractivity contribution in [3.63, 3.8) is 0 Å². The van der Waals surface area contributed by atoms with Crippen molar-refractivity contribution in [1.29, 1.82) is 0 Å². The molecule has 0 bridgehead atoms. The van der Waals surface area contributed by atoms with Gasteiger partial charge in [0.2, 0.25) is 0 Å². The van der Waals surface area contributed by atoms with E-state index in [1.54, 1.807) is 6.92 Å². The molecule has 0 saturated heterocycles. The third kappa shape index (κ3) is 3.99. The molecule has 0 aliphatic heterocycles. The third-order valence-corrected chi connectivity index (χ3v) is 6.07. The lowest BCUT2D eigenvalue weighted by molar-refractivity contribution is 0.0959. The predicted octanol–water partition coefficient (Wildman–Crippen LogP) is 5.73. The van der Waals surface area contributed by atoms with Crippen LogP contribution in [0.3, 0.4) is 0 Å². The summed E-state index contributed by atoms with van der Waals surface area (Å²) in [5.41, 5.74) is 2.51. The molecular formula is C18H13Cl3N2O3S. The second-order valence-electron chi connectivity index (χ2n) is 5.31. The molecule has 0 aliphatic carbocycles. The molecule has 0 aliphatic rings. The lowest BCUT2D eigenvalue weighted by Crippen LogP contribution is -2.16. The summed E-state index contributed by atoms with van der Waals surface area (Å²) >= 11 is 19.7. The van der Waals surface area contributed by atoms with E-state index in [1.807, 2.05) is 24.3 Å². The van der Waals surface area contributed by atoms with E-state index in [4.69, 9.17) is 39.5 Å². The van der Waals surface area contributed by atoms with Gasteiger partial charge in [0.25, 0.3) is 5.91 Å². The van der Waals surface area contributed by atoms with Gasteiger partial charge in [0.05, 0.1) is 33.5 Å². The Morgan fingerprint density at radius 3 is 2.74 bits per heavy atom. The number of carbonyl (C=O) groups is 1. The van der Waals surface area contributed by atoms with Gasteiger partial charge in [-0.2, -0.15) is 5.10 Å². The van der Waals surface area contributed by atoms with Crippen molar-refractivity contribution >= 4 is 68.3 Å². The lowest BCUT2D eigenvalue weighted by Gasteiger charge is -2.10. The number of hydrogen-bond acceptors (Lipinski definition) is 5. The largest absolute Gasteiger partial charge is 0.504 e. The van der Waals surface area contributed by atoms with E-state index in [1.165, 1.54) is 23.6 Å². The summed E-state index contributed by atoms with van der Waals surface area (Å²) in [7, 11) is 0. The van der Waals surface area contributed by atoms with Crippen LogP contribution in [0.15, 0.2) is 35.4 Å². The van der Waals surface area contributed by atoms with Gasteiger partial charge < -0.3 is 9.84 Å². The number of nitrogens with zero attached hydrogens (tertiary/aromatic N) is 1.